The number of carbonyl (C=O) groups excluding carboxylic acids is 2. The van der Waals surface area contributed by atoms with Crippen LogP contribution in [0.5, 0.6) is 0 Å². The number of amides is 1. The van der Waals surface area contributed by atoms with E-state index in [4.69, 9.17) is 0 Å². The molecule has 2 rings (SSSR count). The lowest BCUT2D eigenvalue weighted by atomic mass is 10.0. The van der Waals surface area contributed by atoms with E-state index in [0.29, 0.717) is 18.5 Å². The molecular formula is C11H12F3N3O3. The molecule has 0 saturated carbocycles. The molecule has 6 nitrogen and oxygen atoms in total. The zero-order valence-electron chi connectivity index (χ0n) is 10.5. The number of imidazole rings is 1. The van der Waals surface area contributed by atoms with E-state index in [2.05, 4.69) is 14.7 Å². The van der Waals surface area contributed by atoms with Crippen LogP contribution in [-0.2, 0) is 16.0 Å². The number of ether oxygens (including phenoxy) is 1. The van der Waals surface area contributed by atoms with E-state index in [1.807, 2.05) is 0 Å². The number of esters is 1. The number of nitrogens with one attached hydrogen (secondary N) is 1. The molecule has 1 aliphatic heterocycles. The molecule has 0 radical (unpaired) electrons. The Labute approximate surface area is 111 Å². The molecule has 0 aromatic carbocycles. The van der Waals surface area contributed by atoms with Gasteiger partial charge in [-0.15, -0.1) is 0 Å². The number of hydrogen-bond donors (Lipinski definition) is 1. The first-order valence-electron chi connectivity index (χ1n) is 5.96. The van der Waals surface area contributed by atoms with E-state index in [0.717, 1.165) is 10.6 Å². The zero-order chi connectivity index (χ0) is 14.9. The maximum Gasteiger partial charge on any atom is 0.491 e. The summed E-state index contributed by atoms with van der Waals surface area (Å²) >= 11 is 0. The van der Waals surface area contributed by atoms with Gasteiger partial charge in [0.2, 0.25) is 0 Å². The van der Waals surface area contributed by atoms with Crippen LogP contribution in [0, 0.1) is 0 Å². The number of aromatic amines is 1. The fraction of sp³-hybridized carbons (Fsp3) is 0.545. The van der Waals surface area contributed by atoms with Crippen molar-refractivity contribution in [3.8, 4) is 0 Å². The molecule has 9 heteroatoms. The second kappa shape index (κ2) is 5.14. The standard InChI is InChI=1S/C11H12F3N3O3/c1-2-7-8-6(15-5-16-8)3-4-17(7)10(19)20-9(18)11(12,13)14/h5,7H,2-4H2,1H3,(H,15,16). The molecule has 1 unspecified atom stereocenters. The molecule has 1 N–H and O–H groups in total. The molecule has 0 spiro atoms. The third-order valence-electron chi connectivity index (χ3n) is 3.08. The van der Waals surface area contributed by atoms with E-state index in [-0.39, 0.29) is 6.54 Å². The summed E-state index contributed by atoms with van der Waals surface area (Å²) in [6, 6.07) is -0.501. The van der Waals surface area contributed by atoms with Crippen LogP contribution in [0.1, 0.15) is 30.8 Å². The van der Waals surface area contributed by atoms with Crippen molar-refractivity contribution in [2.75, 3.05) is 6.54 Å². The van der Waals surface area contributed by atoms with Gasteiger partial charge in [0.1, 0.15) is 0 Å². The lowest BCUT2D eigenvalue weighted by Crippen LogP contribution is -2.42. The second-order valence-corrected chi connectivity index (χ2v) is 4.29. The van der Waals surface area contributed by atoms with Gasteiger partial charge in [0.25, 0.3) is 0 Å². The molecule has 0 aliphatic carbocycles. The molecule has 2 heterocycles. The molecule has 0 saturated heterocycles. The van der Waals surface area contributed by atoms with E-state index in [1.54, 1.807) is 6.92 Å². The Balaban J connectivity index is 2.13. The lowest BCUT2D eigenvalue weighted by Gasteiger charge is -2.33. The summed E-state index contributed by atoms with van der Waals surface area (Å²) in [6.45, 7) is 1.93. The summed E-state index contributed by atoms with van der Waals surface area (Å²) in [4.78, 5) is 30.4. The highest BCUT2D eigenvalue weighted by molar-refractivity contribution is 5.88. The first-order chi connectivity index (χ1) is 9.34. The van der Waals surface area contributed by atoms with Crippen LogP contribution in [0.3, 0.4) is 0 Å². The van der Waals surface area contributed by atoms with Crippen molar-refractivity contribution in [2.45, 2.75) is 32.0 Å². The van der Waals surface area contributed by atoms with Gasteiger partial charge in [-0.2, -0.15) is 13.2 Å². The van der Waals surface area contributed by atoms with Gasteiger partial charge >= 0.3 is 18.2 Å². The highest BCUT2D eigenvalue weighted by Crippen LogP contribution is 2.30. The Hall–Kier alpha value is -2.06. The monoisotopic (exact) mass is 291 g/mol. The first-order valence-corrected chi connectivity index (χ1v) is 5.96. The Morgan fingerprint density at radius 3 is 2.85 bits per heavy atom. The Bertz CT molecular complexity index is 526. The van der Waals surface area contributed by atoms with Crippen LogP contribution in [0.2, 0.25) is 0 Å². The SMILES string of the molecule is CCC1c2nc[nH]c2CCN1C(=O)OC(=O)C(F)(F)F. The Morgan fingerprint density at radius 2 is 2.25 bits per heavy atom. The van der Waals surface area contributed by atoms with Gasteiger partial charge in [0.15, 0.2) is 0 Å². The molecule has 1 aromatic heterocycles. The van der Waals surface area contributed by atoms with E-state index >= 15 is 0 Å². The highest BCUT2D eigenvalue weighted by Gasteiger charge is 2.44. The summed E-state index contributed by atoms with van der Waals surface area (Å²) in [5.41, 5.74) is 1.43. The first kappa shape index (κ1) is 14.4. The summed E-state index contributed by atoms with van der Waals surface area (Å²) < 4.78 is 40.1. The smallest absolute Gasteiger partial charge is 0.369 e. The van der Waals surface area contributed by atoms with Crippen LogP contribution in [0.25, 0.3) is 0 Å². The van der Waals surface area contributed by atoms with Crippen molar-refractivity contribution < 1.29 is 27.5 Å². The van der Waals surface area contributed by atoms with Crippen molar-refractivity contribution in [2.24, 2.45) is 0 Å². The van der Waals surface area contributed by atoms with E-state index in [1.165, 1.54) is 6.33 Å². The molecule has 110 valence electrons. The predicted octanol–water partition coefficient (Wildman–Crippen LogP) is 1.94. The minimum absolute atomic E-state index is 0.164. The van der Waals surface area contributed by atoms with Crippen LogP contribution >= 0.6 is 0 Å². The number of aromatic nitrogens is 2. The topological polar surface area (TPSA) is 75.3 Å². The van der Waals surface area contributed by atoms with Crippen LogP contribution in [0.15, 0.2) is 6.33 Å². The number of alkyl halides is 3. The largest absolute Gasteiger partial charge is 0.491 e. The van der Waals surface area contributed by atoms with Crippen molar-refractivity contribution in [1.29, 1.82) is 0 Å². The van der Waals surface area contributed by atoms with Gasteiger partial charge in [0, 0.05) is 18.7 Å². The number of carbonyl (C=O) groups is 2. The fourth-order valence-electron chi connectivity index (χ4n) is 2.18. The molecule has 1 aliphatic rings. The fourth-order valence-corrected chi connectivity index (χ4v) is 2.18. The van der Waals surface area contributed by atoms with Crippen molar-refractivity contribution >= 4 is 12.1 Å². The molecule has 1 atom stereocenters. The summed E-state index contributed by atoms with van der Waals surface area (Å²) in [6.07, 6.45) is -4.16. The minimum atomic E-state index is -5.19. The number of hydrogen-bond acceptors (Lipinski definition) is 4. The van der Waals surface area contributed by atoms with Gasteiger partial charge in [-0.05, 0) is 6.42 Å². The summed E-state index contributed by atoms with van der Waals surface area (Å²) in [5, 5.41) is 0. The number of rotatable bonds is 1. The average Bonchev–Trinajstić information content (AvgIpc) is 2.84. The van der Waals surface area contributed by atoms with Crippen LogP contribution < -0.4 is 0 Å². The van der Waals surface area contributed by atoms with E-state index in [9.17, 15) is 22.8 Å². The molecule has 1 amide bonds. The molecular weight excluding hydrogens is 279 g/mol. The Kier molecular flexibility index (Phi) is 3.69. The number of nitrogens with zero attached hydrogens (tertiary/aromatic N) is 2. The molecule has 20 heavy (non-hydrogen) atoms. The zero-order valence-corrected chi connectivity index (χ0v) is 10.5. The van der Waals surface area contributed by atoms with Gasteiger partial charge in [0.05, 0.1) is 18.1 Å². The van der Waals surface area contributed by atoms with Crippen LogP contribution in [0.4, 0.5) is 18.0 Å². The maximum atomic E-state index is 12.1. The third kappa shape index (κ3) is 2.61. The number of fused-ring (bicyclic) bond motifs is 1. The number of H-pyrrole nitrogens is 1. The van der Waals surface area contributed by atoms with Crippen molar-refractivity contribution in [1.82, 2.24) is 14.9 Å². The van der Waals surface area contributed by atoms with Gasteiger partial charge < -0.3 is 9.72 Å². The Morgan fingerprint density at radius 1 is 1.55 bits per heavy atom. The summed E-state index contributed by atoms with van der Waals surface area (Å²) in [7, 11) is 0. The van der Waals surface area contributed by atoms with Crippen LogP contribution in [-0.4, -0.2) is 39.7 Å². The summed E-state index contributed by atoms with van der Waals surface area (Å²) in [5.74, 6) is -2.51. The molecule has 0 fully saturated rings. The van der Waals surface area contributed by atoms with E-state index < -0.39 is 24.3 Å². The van der Waals surface area contributed by atoms with Gasteiger partial charge in [-0.3, -0.25) is 4.90 Å². The lowest BCUT2D eigenvalue weighted by molar-refractivity contribution is -0.194. The third-order valence-corrected chi connectivity index (χ3v) is 3.08. The normalized spacial score (nSPS) is 18.6. The maximum absolute atomic E-state index is 12.1. The van der Waals surface area contributed by atoms with Crippen molar-refractivity contribution in [3.05, 3.63) is 17.7 Å². The average molecular weight is 291 g/mol. The minimum Gasteiger partial charge on any atom is -0.369 e. The molecule has 0 bridgehead atoms. The highest BCUT2D eigenvalue weighted by atomic mass is 19.4. The van der Waals surface area contributed by atoms with Gasteiger partial charge in [-0.1, -0.05) is 6.92 Å². The predicted molar refractivity (Wildman–Crippen MR) is 59.6 cm³/mol. The second-order valence-electron chi connectivity index (χ2n) is 4.29. The quantitative estimate of drug-likeness (QED) is 0.634. The molecule has 1 aromatic rings. The van der Waals surface area contributed by atoms with Crippen molar-refractivity contribution in [3.63, 3.8) is 0 Å². The van der Waals surface area contributed by atoms with Gasteiger partial charge in [-0.25, -0.2) is 14.6 Å². The number of halogens is 3.